The Morgan fingerprint density at radius 1 is 1.07 bits per heavy atom. The predicted octanol–water partition coefficient (Wildman–Crippen LogP) is 5.51. The molecule has 1 aliphatic rings. The van der Waals surface area contributed by atoms with Crippen molar-refractivity contribution in [2.75, 3.05) is 4.90 Å². The van der Waals surface area contributed by atoms with Gasteiger partial charge >= 0.3 is 0 Å². The van der Waals surface area contributed by atoms with Crippen molar-refractivity contribution >= 4 is 23.2 Å². The Bertz CT molecular complexity index is 968. The van der Waals surface area contributed by atoms with Crippen molar-refractivity contribution in [1.82, 2.24) is 0 Å². The zero-order valence-corrected chi connectivity index (χ0v) is 15.8. The SMILES string of the molecule is C[C@@H]1Cc2ccccc2N1C(=O)c1cccc(COc2ccc(Cl)cc2)c1. The van der Waals surface area contributed by atoms with E-state index in [1.807, 2.05) is 59.5 Å². The second-order valence-electron chi connectivity index (χ2n) is 6.80. The zero-order chi connectivity index (χ0) is 18.8. The number of ether oxygens (including phenoxy) is 1. The molecule has 136 valence electrons. The number of halogens is 1. The van der Waals surface area contributed by atoms with Crippen molar-refractivity contribution < 1.29 is 9.53 Å². The summed E-state index contributed by atoms with van der Waals surface area (Å²) in [5.74, 6) is 0.777. The van der Waals surface area contributed by atoms with Crippen LogP contribution in [0.4, 0.5) is 5.69 Å². The minimum atomic E-state index is 0.0285. The van der Waals surface area contributed by atoms with E-state index < -0.39 is 0 Å². The molecule has 4 heteroatoms. The molecule has 3 aromatic rings. The molecule has 0 spiro atoms. The van der Waals surface area contributed by atoms with Crippen molar-refractivity contribution in [3.8, 4) is 5.75 Å². The third-order valence-corrected chi connectivity index (χ3v) is 5.07. The van der Waals surface area contributed by atoms with Gasteiger partial charge in [-0.2, -0.15) is 0 Å². The summed E-state index contributed by atoms with van der Waals surface area (Å²) in [6.45, 7) is 2.49. The number of benzene rings is 3. The molecule has 0 saturated carbocycles. The van der Waals surface area contributed by atoms with E-state index >= 15 is 0 Å². The number of anilines is 1. The van der Waals surface area contributed by atoms with E-state index in [2.05, 4.69) is 13.0 Å². The Balaban J connectivity index is 1.52. The standard InChI is InChI=1S/C23H20ClNO2/c1-16-13-18-6-2-3-8-22(18)25(16)23(26)19-7-4-5-17(14-19)15-27-21-11-9-20(24)10-12-21/h2-12,14,16H,13,15H2,1H3/t16-/m1/s1. The molecule has 1 amide bonds. The highest BCUT2D eigenvalue weighted by atomic mass is 35.5. The maximum absolute atomic E-state index is 13.2. The number of carbonyl (C=O) groups is 1. The number of amides is 1. The van der Waals surface area contributed by atoms with E-state index in [0.717, 1.165) is 23.4 Å². The topological polar surface area (TPSA) is 29.5 Å². The summed E-state index contributed by atoms with van der Waals surface area (Å²) in [6, 6.07) is 23.2. The summed E-state index contributed by atoms with van der Waals surface area (Å²) in [4.78, 5) is 15.1. The first kappa shape index (κ1) is 17.6. The highest BCUT2D eigenvalue weighted by Crippen LogP contribution is 2.33. The van der Waals surface area contributed by atoms with Crippen LogP contribution in [-0.2, 0) is 13.0 Å². The first-order chi connectivity index (χ1) is 13.1. The molecule has 0 N–H and O–H groups in total. The summed E-state index contributed by atoms with van der Waals surface area (Å²) in [5, 5.41) is 0.676. The average molecular weight is 378 g/mol. The summed E-state index contributed by atoms with van der Waals surface area (Å²) < 4.78 is 5.80. The van der Waals surface area contributed by atoms with Crippen molar-refractivity contribution in [3.05, 3.63) is 94.5 Å². The van der Waals surface area contributed by atoms with Gasteiger partial charge in [-0.25, -0.2) is 0 Å². The van der Waals surface area contributed by atoms with Gasteiger partial charge in [0.25, 0.3) is 5.91 Å². The van der Waals surface area contributed by atoms with Crippen molar-refractivity contribution in [3.63, 3.8) is 0 Å². The normalized spacial score (nSPS) is 15.5. The van der Waals surface area contributed by atoms with Crippen molar-refractivity contribution in [2.45, 2.75) is 26.0 Å². The molecule has 1 atom stereocenters. The van der Waals surface area contributed by atoms with Gasteiger partial charge in [0, 0.05) is 22.3 Å². The van der Waals surface area contributed by atoms with Crippen LogP contribution in [0.1, 0.15) is 28.4 Å². The number of fused-ring (bicyclic) bond motifs is 1. The highest BCUT2D eigenvalue weighted by Gasteiger charge is 2.31. The highest BCUT2D eigenvalue weighted by molar-refractivity contribution is 6.30. The molecular weight excluding hydrogens is 358 g/mol. The van der Waals surface area contributed by atoms with Gasteiger partial charge in [-0.15, -0.1) is 0 Å². The van der Waals surface area contributed by atoms with Gasteiger partial charge in [-0.1, -0.05) is 41.9 Å². The summed E-state index contributed by atoms with van der Waals surface area (Å²) >= 11 is 5.90. The van der Waals surface area contributed by atoms with Crippen molar-refractivity contribution in [2.24, 2.45) is 0 Å². The lowest BCUT2D eigenvalue weighted by Gasteiger charge is -2.23. The van der Waals surface area contributed by atoms with Gasteiger partial charge < -0.3 is 9.64 Å². The lowest BCUT2D eigenvalue weighted by Crippen LogP contribution is -2.35. The van der Waals surface area contributed by atoms with Crippen LogP contribution in [0, 0.1) is 0 Å². The number of hydrogen-bond acceptors (Lipinski definition) is 2. The minimum Gasteiger partial charge on any atom is -0.489 e. The molecule has 1 heterocycles. The molecule has 0 saturated heterocycles. The van der Waals surface area contributed by atoms with Crippen LogP contribution >= 0.6 is 11.6 Å². The fourth-order valence-electron chi connectivity index (χ4n) is 3.51. The average Bonchev–Trinajstić information content (AvgIpc) is 3.03. The van der Waals surface area contributed by atoms with Gasteiger partial charge in [0.2, 0.25) is 0 Å². The molecule has 0 unspecified atom stereocenters. The number of rotatable bonds is 4. The Kier molecular flexibility index (Phi) is 4.87. The van der Waals surface area contributed by atoms with E-state index in [9.17, 15) is 4.79 Å². The summed E-state index contributed by atoms with van der Waals surface area (Å²) in [7, 11) is 0. The number of para-hydroxylation sites is 1. The third-order valence-electron chi connectivity index (χ3n) is 4.82. The van der Waals surface area contributed by atoms with E-state index in [1.54, 1.807) is 12.1 Å². The molecule has 4 rings (SSSR count). The Morgan fingerprint density at radius 3 is 2.67 bits per heavy atom. The van der Waals surface area contributed by atoms with Crippen LogP contribution in [0.25, 0.3) is 0 Å². The monoisotopic (exact) mass is 377 g/mol. The molecule has 3 aromatic carbocycles. The fraction of sp³-hybridized carbons (Fsp3) is 0.174. The lowest BCUT2D eigenvalue weighted by atomic mass is 10.1. The van der Waals surface area contributed by atoms with Crippen LogP contribution in [-0.4, -0.2) is 11.9 Å². The van der Waals surface area contributed by atoms with Gasteiger partial charge in [0.15, 0.2) is 0 Å². The molecular formula is C23H20ClNO2. The second-order valence-corrected chi connectivity index (χ2v) is 7.24. The fourth-order valence-corrected chi connectivity index (χ4v) is 3.63. The minimum absolute atomic E-state index is 0.0285. The molecule has 1 aliphatic heterocycles. The first-order valence-electron chi connectivity index (χ1n) is 9.00. The Morgan fingerprint density at radius 2 is 1.85 bits per heavy atom. The quantitative estimate of drug-likeness (QED) is 0.600. The molecule has 0 aromatic heterocycles. The molecule has 0 radical (unpaired) electrons. The van der Waals surface area contributed by atoms with E-state index in [4.69, 9.17) is 16.3 Å². The summed E-state index contributed by atoms with van der Waals surface area (Å²) in [6.07, 6.45) is 0.890. The maximum atomic E-state index is 13.2. The number of carbonyl (C=O) groups excluding carboxylic acids is 1. The van der Waals surface area contributed by atoms with Crippen LogP contribution in [0.3, 0.4) is 0 Å². The lowest BCUT2D eigenvalue weighted by molar-refractivity contribution is 0.0981. The molecule has 3 nitrogen and oxygen atoms in total. The smallest absolute Gasteiger partial charge is 0.258 e. The number of hydrogen-bond donors (Lipinski definition) is 0. The van der Waals surface area contributed by atoms with Crippen LogP contribution in [0.5, 0.6) is 5.75 Å². The van der Waals surface area contributed by atoms with E-state index in [1.165, 1.54) is 5.56 Å². The Hall–Kier alpha value is -2.78. The van der Waals surface area contributed by atoms with E-state index in [0.29, 0.717) is 17.2 Å². The first-order valence-corrected chi connectivity index (χ1v) is 9.38. The third kappa shape index (κ3) is 3.69. The van der Waals surface area contributed by atoms with Crippen molar-refractivity contribution in [1.29, 1.82) is 0 Å². The predicted molar refractivity (Wildman–Crippen MR) is 109 cm³/mol. The second kappa shape index (κ2) is 7.45. The molecule has 0 aliphatic carbocycles. The van der Waals surface area contributed by atoms with Crippen LogP contribution in [0.15, 0.2) is 72.8 Å². The summed E-state index contributed by atoms with van der Waals surface area (Å²) in [5.41, 5.74) is 3.87. The molecule has 27 heavy (non-hydrogen) atoms. The van der Waals surface area contributed by atoms with Crippen LogP contribution < -0.4 is 9.64 Å². The van der Waals surface area contributed by atoms with Crippen LogP contribution in [0.2, 0.25) is 5.02 Å². The van der Waals surface area contributed by atoms with Gasteiger partial charge in [-0.05, 0) is 66.9 Å². The molecule has 0 bridgehead atoms. The zero-order valence-electron chi connectivity index (χ0n) is 15.1. The number of nitrogens with zero attached hydrogens (tertiary/aromatic N) is 1. The van der Waals surface area contributed by atoms with E-state index in [-0.39, 0.29) is 11.9 Å². The maximum Gasteiger partial charge on any atom is 0.258 e. The Labute approximate surface area is 164 Å². The molecule has 0 fully saturated rings. The van der Waals surface area contributed by atoms with Gasteiger partial charge in [-0.3, -0.25) is 4.79 Å². The largest absolute Gasteiger partial charge is 0.489 e. The van der Waals surface area contributed by atoms with Gasteiger partial charge in [0.05, 0.1) is 0 Å². The van der Waals surface area contributed by atoms with Gasteiger partial charge in [0.1, 0.15) is 12.4 Å².